The van der Waals surface area contributed by atoms with Gasteiger partial charge < -0.3 is 9.84 Å². The van der Waals surface area contributed by atoms with E-state index in [1.807, 2.05) is 0 Å². The minimum atomic E-state index is -0.439. The van der Waals surface area contributed by atoms with Crippen molar-refractivity contribution < 1.29 is 9.84 Å². The summed E-state index contributed by atoms with van der Waals surface area (Å²) in [6, 6.07) is 2.21. The molecule has 0 bridgehead atoms. The summed E-state index contributed by atoms with van der Waals surface area (Å²) in [6.45, 7) is 0.789. The van der Waals surface area contributed by atoms with Gasteiger partial charge >= 0.3 is 0 Å². The second kappa shape index (κ2) is 4.83. The van der Waals surface area contributed by atoms with Gasteiger partial charge in [0.1, 0.15) is 6.10 Å². The molecule has 17 heavy (non-hydrogen) atoms. The van der Waals surface area contributed by atoms with Gasteiger partial charge in [-0.2, -0.15) is 0 Å². The molecule has 2 nitrogen and oxygen atoms in total. The fourth-order valence-electron chi connectivity index (χ4n) is 2.62. The third-order valence-corrected chi connectivity index (χ3v) is 4.89. The van der Waals surface area contributed by atoms with Crippen LogP contribution in [0.2, 0.25) is 0 Å². The number of thiophene rings is 1. The third kappa shape index (κ3) is 2.26. The molecule has 3 heteroatoms. The first-order chi connectivity index (χ1) is 8.34. The van der Waals surface area contributed by atoms with Gasteiger partial charge in [-0.25, -0.2) is 0 Å². The van der Waals surface area contributed by atoms with E-state index in [-0.39, 0.29) is 0 Å². The molecular formula is C14H18O2S. The van der Waals surface area contributed by atoms with E-state index in [2.05, 4.69) is 6.07 Å². The van der Waals surface area contributed by atoms with Crippen molar-refractivity contribution in [2.75, 3.05) is 6.61 Å². The predicted octanol–water partition coefficient (Wildman–Crippen LogP) is 3.35. The Morgan fingerprint density at radius 3 is 2.82 bits per heavy atom. The minimum absolute atomic E-state index is 0.439. The van der Waals surface area contributed by atoms with Crippen LogP contribution in [0, 0.1) is 0 Å². The van der Waals surface area contributed by atoms with Crippen LogP contribution in [0.15, 0.2) is 17.9 Å². The van der Waals surface area contributed by atoms with Crippen molar-refractivity contribution in [2.24, 2.45) is 0 Å². The first kappa shape index (κ1) is 11.3. The van der Waals surface area contributed by atoms with Gasteiger partial charge in [-0.1, -0.05) is 0 Å². The largest absolute Gasteiger partial charge is 0.501 e. The molecule has 1 aromatic heterocycles. The molecule has 1 N–H and O–H groups in total. The highest BCUT2D eigenvalue weighted by atomic mass is 32.1. The van der Waals surface area contributed by atoms with Crippen LogP contribution in [0.25, 0.3) is 0 Å². The monoisotopic (exact) mass is 250 g/mol. The maximum Gasteiger partial charge on any atom is 0.112 e. The molecule has 1 aliphatic carbocycles. The SMILES string of the molecule is OC(C1=COCCC1)c1cc2c(s1)CCCC2. The lowest BCUT2D eigenvalue weighted by Crippen LogP contribution is -2.06. The van der Waals surface area contributed by atoms with Crippen LogP contribution in [-0.4, -0.2) is 11.7 Å². The number of hydrogen-bond acceptors (Lipinski definition) is 3. The summed E-state index contributed by atoms with van der Waals surface area (Å²) < 4.78 is 5.31. The van der Waals surface area contributed by atoms with Crippen LogP contribution < -0.4 is 0 Å². The first-order valence-corrected chi connectivity index (χ1v) is 7.26. The molecule has 1 aliphatic heterocycles. The third-order valence-electron chi connectivity index (χ3n) is 3.60. The summed E-state index contributed by atoms with van der Waals surface area (Å²) in [4.78, 5) is 2.59. The van der Waals surface area contributed by atoms with E-state index in [0.717, 1.165) is 29.9 Å². The molecule has 1 atom stereocenters. The number of aliphatic hydroxyl groups is 1. The topological polar surface area (TPSA) is 29.5 Å². The van der Waals surface area contributed by atoms with E-state index in [4.69, 9.17) is 4.74 Å². The van der Waals surface area contributed by atoms with Gasteiger partial charge in [0.05, 0.1) is 12.9 Å². The Morgan fingerprint density at radius 2 is 2.06 bits per heavy atom. The van der Waals surface area contributed by atoms with Gasteiger partial charge in [0, 0.05) is 9.75 Å². The van der Waals surface area contributed by atoms with E-state index < -0.39 is 6.10 Å². The van der Waals surface area contributed by atoms with Crippen molar-refractivity contribution in [3.63, 3.8) is 0 Å². The highest BCUT2D eigenvalue weighted by Gasteiger charge is 2.21. The van der Waals surface area contributed by atoms with Gasteiger partial charge in [0.25, 0.3) is 0 Å². The van der Waals surface area contributed by atoms with Gasteiger partial charge in [-0.05, 0) is 55.7 Å². The van der Waals surface area contributed by atoms with E-state index in [0.29, 0.717) is 0 Å². The smallest absolute Gasteiger partial charge is 0.112 e. The summed E-state index contributed by atoms with van der Waals surface area (Å²) >= 11 is 1.79. The molecule has 1 aromatic rings. The van der Waals surface area contributed by atoms with Crippen molar-refractivity contribution in [1.29, 1.82) is 0 Å². The van der Waals surface area contributed by atoms with Gasteiger partial charge in [-0.3, -0.25) is 0 Å². The van der Waals surface area contributed by atoms with E-state index in [1.54, 1.807) is 17.6 Å². The van der Waals surface area contributed by atoms with Crippen molar-refractivity contribution >= 4 is 11.3 Å². The molecule has 2 heterocycles. The van der Waals surface area contributed by atoms with Gasteiger partial charge in [-0.15, -0.1) is 11.3 Å². The van der Waals surface area contributed by atoms with E-state index >= 15 is 0 Å². The normalized spacial score (nSPS) is 21.4. The van der Waals surface area contributed by atoms with Crippen LogP contribution >= 0.6 is 11.3 Å². The lowest BCUT2D eigenvalue weighted by atomic mass is 9.97. The summed E-state index contributed by atoms with van der Waals surface area (Å²) in [6.07, 6.45) is 8.28. The fourth-order valence-corrected chi connectivity index (χ4v) is 3.90. The van der Waals surface area contributed by atoms with E-state index in [1.165, 1.54) is 36.1 Å². The summed E-state index contributed by atoms with van der Waals surface area (Å²) in [5, 5.41) is 10.4. The molecule has 0 saturated carbocycles. The van der Waals surface area contributed by atoms with Crippen molar-refractivity contribution in [3.05, 3.63) is 33.2 Å². The van der Waals surface area contributed by atoms with Crippen molar-refractivity contribution in [2.45, 2.75) is 44.6 Å². The number of aryl methyl sites for hydroxylation is 2. The molecule has 0 amide bonds. The van der Waals surface area contributed by atoms with Crippen LogP contribution in [0.4, 0.5) is 0 Å². The number of aliphatic hydroxyl groups excluding tert-OH is 1. The molecule has 0 saturated heterocycles. The molecule has 0 aromatic carbocycles. The van der Waals surface area contributed by atoms with Gasteiger partial charge in [0.15, 0.2) is 0 Å². The maximum absolute atomic E-state index is 10.4. The highest BCUT2D eigenvalue weighted by molar-refractivity contribution is 7.12. The standard InChI is InChI=1S/C14H18O2S/c15-14(11-5-3-7-16-9-11)13-8-10-4-1-2-6-12(10)17-13/h8-9,14-15H,1-7H2. The van der Waals surface area contributed by atoms with Gasteiger partial charge in [0.2, 0.25) is 0 Å². The Balaban J connectivity index is 1.83. The minimum Gasteiger partial charge on any atom is -0.501 e. The molecule has 0 spiro atoms. The molecule has 2 aliphatic rings. The lowest BCUT2D eigenvalue weighted by Gasteiger charge is -2.17. The predicted molar refractivity (Wildman–Crippen MR) is 69.2 cm³/mol. The number of hydrogen-bond donors (Lipinski definition) is 1. The highest BCUT2D eigenvalue weighted by Crippen LogP contribution is 2.36. The summed E-state index contributed by atoms with van der Waals surface area (Å²) in [5.74, 6) is 0. The molecular weight excluding hydrogens is 232 g/mol. The molecule has 0 radical (unpaired) electrons. The first-order valence-electron chi connectivity index (χ1n) is 6.44. The Bertz CT molecular complexity index is 410. The Labute approximate surface area is 106 Å². The Hall–Kier alpha value is -0.800. The maximum atomic E-state index is 10.4. The van der Waals surface area contributed by atoms with Crippen molar-refractivity contribution in [1.82, 2.24) is 0 Å². The number of fused-ring (bicyclic) bond motifs is 1. The number of ether oxygens (including phenoxy) is 1. The van der Waals surface area contributed by atoms with Crippen LogP contribution in [0.5, 0.6) is 0 Å². The zero-order chi connectivity index (χ0) is 11.7. The van der Waals surface area contributed by atoms with Crippen LogP contribution in [0.1, 0.15) is 47.1 Å². The second-order valence-electron chi connectivity index (χ2n) is 4.87. The Kier molecular flexibility index (Phi) is 3.21. The quantitative estimate of drug-likeness (QED) is 0.872. The lowest BCUT2D eigenvalue weighted by molar-refractivity contribution is 0.172. The fraction of sp³-hybridized carbons (Fsp3) is 0.571. The van der Waals surface area contributed by atoms with Crippen molar-refractivity contribution in [3.8, 4) is 0 Å². The Morgan fingerprint density at radius 1 is 1.18 bits per heavy atom. The van der Waals surface area contributed by atoms with Crippen LogP contribution in [-0.2, 0) is 17.6 Å². The molecule has 0 fully saturated rings. The zero-order valence-electron chi connectivity index (χ0n) is 9.95. The zero-order valence-corrected chi connectivity index (χ0v) is 10.8. The molecule has 3 rings (SSSR count). The van der Waals surface area contributed by atoms with E-state index in [9.17, 15) is 5.11 Å². The summed E-state index contributed by atoms with van der Waals surface area (Å²) in [7, 11) is 0. The second-order valence-corrected chi connectivity index (χ2v) is 6.04. The van der Waals surface area contributed by atoms with Crippen LogP contribution in [0.3, 0.4) is 0 Å². The average molecular weight is 250 g/mol. The molecule has 1 unspecified atom stereocenters. The number of rotatable bonds is 2. The summed E-state index contributed by atoms with van der Waals surface area (Å²) in [5.41, 5.74) is 2.50. The molecule has 92 valence electrons. The average Bonchev–Trinajstić information content (AvgIpc) is 2.82.